The van der Waals surface area contributed by atoms with Crippen LogP contribution < -0.4 is 10.6 Å². The van der Waals surface area contributed by atoms with Crippen LogP contribution in [0.4, 0.5) is 5.82 Å². The number of halogens is 1. The van der Waals surface area contributed by atoms with Gasteiger partial charge in [-0.2, -0.15) is 0 Å². The van der Waals surface area contributed by atoms with Gasteiger partial charge in [-0.1, -0.05) is 0 Å². The number of anilines is 1. The summed E-state index contributed by atoms with van der Waals surface area (Å²) in [6.07, 6.45) is 1.56. The second-order valence-electron chi connectivity index (χ2n) is 4.02. The van der Waals surface area contributed by atoms with Crippen molar-refractivity contribution in [2.75, 3.05) is 16.8 Å². The minimum absolute atomic E-state index is 0.0705. The molecule has 0 aliphatic rings. The third-order valence-corrected chi connectivity index (χ3v) is 3.69. The van der Waals surface area contributed by atoms with Crippen molar-refractivity contribution in [2.24, 2.45) is 0 Å². The second-order valence-corrected chi connectivity index (χ2v) is 5.96. The minimum Gasteiger partial charge on any atom is -0.480 e. The molecule has 3 N–H and O–H groups in total. The van der Waals surface area contributed by atoms with E-state index in [0.717, 1.165) is 16.2 Å². The fraction of sp³-hybridized carbons (Fsp3) is 0.333. The van der Waals surface area contributed by atoms with E-state index in [1.165, 1.54) is 6.92 Å². The Hall–Kier alpha value is -1.61. The molecule has 0 saturated heterocycles. The van der Waals surface area contributed by atoms with Gasteiger partial charge in [-0.25, -0.2) is 9.78 Å². The summed E-state index contributed by atoms with van der Waals surface area (Å²) in [4.78, 5) is 37.4. The van der Waals surface area contributed by atoms with Crippen LogP contribution in [0.25, 0.3) is 0 Å². The molecule has 7 nitrogen and oxygen atoms in total. The van der Waals surface area contributed by atoms with Gasteiger partial charge in [-0.05, 0) is 28.1 Å². The number of pyridine rings is 1. The highest BCUT2D eigenvalue weighted by Gasteiger charge is 2.18. The Kier molecular flexibility index (Phi) is 7.17. The van der Waals surface area contributed by atoms with Crippen LogP contribution >= 0.6 is 27.7 Å². The Morgan fingerprint density at radius 3 is 2.67 bits per heavy atom. The molecule has 1 rings (SSSR count). The molecule has 0 saturated carbocycles. The van der Waals surface area contributed by atoms with Gasteiger partial charge >= 0.3 is 5.97 Å². The second kappa shape index (κ2) is 8.63. The number of aromatic nitrogens is 1. The lowest BCUT2D eigenvalue weighted by atomic mass is 10.3. The molecule has 1 atom stereocenters. The van der Waals surface area contributed by atoms with Gasteiger partial charge in [0.2, 0.25) is 11.8 Å². The monoisotopic (exact) mass is 375 g/mol. The van der Waals surface area contributed by atoms with Gasteiger partial charge in [0.1, 0.15) is 11.9 Å². The van der Waals surface area contributed by atoms with Crippen molar-refractivity contribution in [3.8, 4) is 0 Å². The molecule has 1 heterocycles. The van der Waals surface area contributed by atoms with Gasteiger partial charge in [0.15, 0.2) is 0 Å². The van der Waals surface area contributed by atoms with Crippen molar-refractivity contribution in [3.63, 3.8) is 0 Å². The van der Waals surface area contributed by atoms with Gasteiger partial charge in [0.25, 0.3) is 0 Å². The van der Waals surface area contributed by atoms with Gasteiger partial charge < -0.3 is 15.7 Å². The Labute approximate surface area is 134 Å². The first-order valence-electron chi connectivity index (χ1n) is 5.87. The summed E-state index contributed by atoms with van der Waals surface area (Å²) < 4.78 is 0.800. The molecule has 0 radical (unpaired) electrons. The summed E-state index contributed by atoms with van der Waals surface area (Å²) in [6, 6.07) is 2.38. The normalized spacial score (nSPS) is 11.5. The first-order chi connectivity index (χ1) is 9.88. The molecule has 0 aromatic carbocycles. The standard InChI is InChI=1S/C12H14BrN3O4S/c1-7(17)15-9(12(19)20)5-21-6-11(18)16-10-3-2-8(13)4-14-10/h2-4,9H,5-6H2,1H3,(H,15,17)(H,19,20)(H,14,16,18). The Balaban J connectivity index is 2.36. The Bertz CT molecular complexity index is 524. The zero-order valence-electron chi connectivity index (χ0n) is 11.1. The predicted molar refractivity (Wildman–Crippen MR) is 83.1 cm³/mol. The van der Waals surface area contributed by atoms with Crippen molar-refractivity contribution < 1.29 is 19.5 Å². The van der Waals surface area contributed by atoms with E-state index in [1.807, 2.05) is 0 Å². The largest absolute Gasteiger partial charge is 0.480 e. The summed E-state index contributed by atoms with van der Waals surface area (Å²) in [5.41, 5.74) is 0. The van der Waals surface area contributed by atoms with Crippen LogP contribution in [0.2, 0.25) is 0 Å². The van der Waals surface area contributed by atoms with Gasteiger partial charge in [-0.15, -0.1) is 11.8 Å². The maximum atomic E-state index is 11.7. The number of carbonyl (C=O) groups is 3. The lowest BCUT2D eigenvalue weighted by Crippen LogP contribution is -2.41. The van der Waals surface area contributed by atoms with Gasteiger partial charge in [-0.3, -0.25) is 9.59 Å². The number of nitrogens with zero attached hydrogens (tertiary/aromatic N) is 1. The third-order valence-electron chi connectivity index (χ3n) is 2.19. The van der Waals surface area contributed by atoms with Crippen molar-refractivity contribution >= 4 is 51.3 Å². The number of amides is 2. The average Bonchev–Trinajstić information content (AvgIpc) is 2.39. The molecule has 1 unspecified atom stereocenters. The average molecular weight is 376 g/mol. The summed E-state index contributed by atoms with van der Waals surface area (Å²) in [7, 11) is 0. The van der Waals surface area contributed by atoms with E-state index in [9.17, 15) is 14.4 Å². The fourth-order valence-electron chi connectivity index (χ4n) is 1.32. The third kappa shape index (κ3) is 7.09. The highest BCUT2D eigenvalue weighted by Crippen LogP contribution is 2.11. The van der Waals surface area contributed by atoms with E-state index in [0.29, 0.717) is 5.82 Å². The fourth-order valence-corrected chi connectivity index (χ4v) is 2.39. The molecule has 0 spiro atoms. The zero-order chi connectivity index (χ0) is 15.8. The number of rotatable bonds is 7. The van der Waals surface area contributed by atoms with Crippen LogP contribution in [0.5, 0.6) is 0 Å². The first-order valence-corrected chi connectivity index (χ1v) is 7.82. The summed E-state index contributed by atoms with van der Waals surface area (Å²) in [5, 5.41) is 13.8. The lowest BCUT2D eigenvalue weighted by Gasteiger charge is -2.12. The number of hydrogen-bond donors (Lipinski definition) is 3. The van der Waals surface area contributed by atoms with E-state index in [1.54, 1.807) is 18.3 Å². The van der Waals surface area contributed by atoms with E-state index in [2.05, 4.69) is 31.5 Å². The summed E-state index contributed by atoms with van der Waals surface area (Å²) in [6.45, 7) is 1.24. The molecule has 2 amide bonds. The maximum absolute atomic E-state index is 11.7. The van der Waals surface area contributed by atoms with Crippen LogP contribution in [0, 0.1) is 0 Å². The highest BCUT2D eigenvalue weighted by atomic mass is 79.9. The molecule has 21 heavy (non-hydrogen) atoms. The summed E-state index contributed by atoms with van der Waals surface area (Å²) >= 11 is 4.35. The van der Waals surface area contributed by atoms with E-state index in [4.69, 9.17) is 5.11 Å². The van der Waals surface area contributed by atoms with E-state index in [-0.39, 0.29) is 17.4 Å². The summed E-state index contributed by atoms with van der Waals surface area (Å²) in [5.74, 6) is -1.25. The van der Waals surface area contributed by atoms with Crippen molar-refractivity contribution in [1.29, 1.82) is 0 Å². The van der Waals surface area contributed by atoms with Crippen LogP contribution in [0.15, 0.2) is 22.8 Å². The number of aliphatic carboxylic acids is 1. The van der Waals surface area contributed by atoms with Crippen molar-refractivity contribution in [1.82, 2.24) is 10.3 Å². The molecule has 9 heteroatoms. The molecule has 0 fully saturated rings. The molecule has 0 bridgehead atoms. The highest BCUT2D eigenvalue weighted by molar-refractivity contribution is 9.10. The lowest BCUT2D eigenvalue weighted by molar-refractivity contribution is -0.140. The maximum Gasteiger partial charge on any atom is 0.327 e. The molecule has 0 aliphatic carbocycles. The smallest absolute Gasteiger partial charge is 0.327 e. The number of carbonyl (C=O) groups excluding carboxylic acids is 2. The molecular weight excluding hydrogens is 362 g/mol. The topological polar surface area (TPSA) is 108 Å². The number of thioether (sulfide) groups is 1. The quantitative estimate of drug-likeness (QED) is 0.658. The van der Waals surface area contributed by atoms with Crippen LogP contribution in [0.3, 0.4) is 0 Å². The molecular formula is C12H14BrN3O4S. The molecule has 1 aromatic heterocycles. The first kappa shape index (κ1) is 17.4. The number of carboxylic acid groups (broad SMARTS) is 1. The van der Waals surface area contributed by atoms with Gasteiger partial charge in [0.05, 0.1) is 5.75 Å². The zero-order valence-corrected chi connectivity index (χ0v) is 13.5. The number of hydrogen-bond acceptors (Lipinski definition) is 5. The van der Waals surface area contributed by atoms with Crippen molar-refractivity contribution in [3.05, 3.63) is 22.8 Å². The molecule has 1 aromatic rings. The number of nitrogens with one attached hydrogen (secondary N) is 2. The predicted octanol–water partition coefficient (Wildman–Crippen LogP) is 1.11. The Morgan fingerprint density at radius 2 is 2.14 bits per heavy atom. The molecule has 0 aliphatic heterocycles. The SMILES string of the molecule is CC(=O)NC(CSCC(=O)Nc1ccc(Br)cn1)C(=O)O. The van der Waals surface area contributed by atoms with Crippen LogP contribution in [-0.4, -0.2) is 45.4 Å². The number of carboxylic acids is 1. The van der Waals surface area contributed by atoms with Gasteiger partial charge in [0, 0.05) is 23.3 Å². The van der Waals surface area contributed by atoms with Crippen LogP contribution in [0.1, 0.15) is 6.92 Å². The van der Waals surface area contributed by atoms with E-state index >= 15 is 0 Å². The Morgan fingerprint density at radius 1 is 1.43 bits per heavy atom. The van der Waals surface area contributed by atoms with Crippen LogP contribution in [-0.2, 0) is 14.4 Å². The van der Waals surface area contributed by atoms with Crippen molar-refractivity contribution in [2.45, 2.75) is 13.0 Å². The van der Waals surface area contributed by atoms with E-state index < -0.39 is 17.9 Å². The minimum atomic E-state index is -1.13. The molecule has 114 valence electrons.